The van der Waals surface area contributed by atoms with E-state index in [1.54, 1.807) is 11.0 Å². The van der Waals surface area contributed by atoms with Gasteiger partial charge in [0.25, 0.3) is 0 Å². The fourth-order valence-corrected chi connectivity index (χ4v) is 3.38. The Morgan fingerprint density at radius 1 is 1.34 bits per heavy atom. The molecule has 0 aliphatic carbocycles. The van der Waals surface area contributed by atoms with Crippen molar-refractivity contribution in [2.24, 2.45) is 5.73 Å². The standard InChI is InChI=1S/C19H25FN4O5/c1-12(25)22-10-15-11-24(19(27)29-15)13-2-3-17(16(20)8-13)28-14-4-6-23(7-5-14)18(26)9-21/h2-3,8,14-15H,4-7,9-11,21H2,1H3,(H,22,25)/t15-/m0/s1. The van der Waals surface area contributed by atoms with E-state index < -0.39 is 18.0 Å². The first-order chi connectivity index (χ1) is 13.9. The van der Waals surface area contributed by atoms with Gasteiger partial charge in [0, 0.05) is 38.9 Å². The Hall–Kier alpha value is -2.88. The SMILES string of the molecule is CC(=O)NC[C@H]1CN(c2ccc(OC3CCN(C(=O)CN)CC3)c(F)c2)C(=O)O1. The van der Waals surface area contributed by atoms with Crippen LogP contribution in [0.25, 0.3) is 0 Å². The van der Waals surface area contributed by atoms with Crippen LogP contribution in [0.4, 0.5) is 14.9 Å². The van der Waals surface area contributed by atoms with Gasteiger partial charge in [-0.2, -0.15) is 0 Å². The number of ether oxygens (including phenoxy) is 2. The molecule has 2 aliphatic rings. The lowest BCUT2D eigenvalue weighted by Gasteiger charge is -2.32. The van der Waals surface area contributed by atoms with Gasteiger partial charge in [0.15, 0.2) is 11.6 Å². The number of nitrogens with one attached hydrogen (secondary N) is 1. The number of benzene rings is 1. The molecule has 3 rings (SSSR count). The van der Waals surface area contributed by atoms with E-state index in [0.717, 1.165) is 0 Å². The monoisotopic (exact) mass is 408 g/mol. The maximum absolute atomic E-state index is 14.6. The van der Waals surface area contributed by atoms with Crippen LogP contribution in [0.1, 0.15) is 19.8 Å². The first kappa shape index (κ1) is 20.8. The molecule has 2 saturated heterocycles. The number of piperidine rings is 1. The molecule has 0 aromatic heterocycles. The van der Waals surface area contributed by atoms with Crippen LogP contribution in [-0.4, -0.2) is 67.7 Å². The Labute approximate surface area is 167 Å². The van der Waals surface area contributed by atoms with Gasteiger partial charge in [0.2, 0.25) is 11.8 Å². The molecule has 1 aromatic rings. The zero-order chi connectivity index (χ0) is 21.0. The third kappa shape index (κ3) is 5.14. The molecule has 9 nitrogen and oxygen atoms in total. The minimum atomic E-state index is -0.592. The van der Waals surface area contributed by atoms with E-state index in [2.05, 4.69) is 5.32 Å². The lowest BCUT2D eigenvalue weighted by molar-refractivity contribution is -0.131. The highest BCUT2D eigenvalue weighted by Gasteiger charge is 2.33. The topological polar surface area (TPSA) is 114 Å². The summed E-state index contributed by atoms with van der Waals surface area (Å²) in [5, 5.41) is 2.59. The van der Waals surface area contributed by atoms with E-state index in [1.165, 1.54) is 24.0 Å². The summed E-state index contributed by atoms with van der Waals surface area (Å²) < 4.78 is 25.5. The average molecular weight is 408 g/mol. The molecule has 3 amide bonds. The van der Waals surface area contributed by atoms with Crippen molar-refractivity contribution >= 4 is 23.6 Å². The first-order valence-corrected chi connectivity index (χ1v) is 9.54. The Bertz CT molecular complexity index is 782. The second-order valence-corrected chi connectivity index (χ2v) is 7.07. The largest absolute Gasteiger partial charge is 0.487 e. The van der Waals surface area contributed by atoms with Crippen molar-refractivity contribution < 1.29 is 28.2 Å². The minimum absolute atomic E-state index is 0.0216. The molecule has 0 unspecified atom stereocenters. The third-order valence-electron chi connectivity index (χ3n) is 4.94. The van der Waals surface area contributed by atoms with Crippen LogP contribution >= 0.6 is 0 Å². The van der Waals surface area contributed by atoms with E-state index in [9.17, 15) is 18.8 Å². The van der Waals surface area contributed by atoms with E-state index in [0.29, 0.717) is 31.6 Å². The molecule has 2 aliphatic heterocycles. The van der Waals surface area contributed by atoms with Crippen LogP contribution in [0.2, 0.25) is 0 Å². The molecule has 1 aromatic carbocycles. The van der Waals surface area contributed by atoms with Gasteiger partial charge in [-0.3, -0.25) is 14.5 Å². The van der Waals surface area contributed by atoms with Crippen LogP contribution in [0.15, 0.2) is 18.2 Å². The van der Waals surface area contributed by atoms with Crippen LogP contribution in [0.5, 0.6) is 5.75 Å². The molecular weight excluding hydrogens is 383 g/mol. The van der Waals surface area contributed by atoms with Crippen molar-refractivity contribution in [3.8, 4) is 5.75 Å². The van der Waals surface area contributed by atoms with Crippen LogP contribution in [0, 0.1) is 5.82 Å². The highest BCUT2D eigenvalue weighted by molar-refractivity contribution is 5.90. The number of rotatable bonds is 6. The summed E-state index contributed by atoms with van der Waals surface area (Å²) >= 11 is 0. The molecular formula is C19H25FN4O5. The smallest absolute Gasteiger partial charge is 0.414 e. The number of hydrogen-bond acceptors (Lipinski definition) is 6. The Morgan fingerprint density at radius 2 is 2.07 bits per heavy atom. The van der Waals surface area contributed by atoms with E-state index in [-0.39, 0.29) is 43.3 Å². The number of amides is 3. The number of carbonyl (C=O) groups excluding carboxylic acids is 3. The van der Waals surface area contributed by atoms with Crippen molar-refractivity contribution in [3.05, 3.63) is 24.0 Å². The van der Waals surface area contributed by atoms with Gasteiger partial charge in [-0.15, -0.1) is 0 Å². The highest BCUT2D eigenvalue weighted by atomic mass is 19.1. The summed E-state index contributed by atoms with van der Waals surface area (Å²) in [7, 11) is 0. The first-order valence-electron chi connectivity index (χ1n) is 9.54. The quantitative estimate of drug-likeness (QED) is 0.713. The molecule has 10 heteroatoms. The summed E-state index contributed by atoms with van der Waals surface area (Å²) in [5.41, 5.74) is 5.72. The highest BCUT2D eigenvalue weighted by Crippen LogP contribution is 2.29. The van der Waals surface area contributed by atoms with Crippen LogP contribution < -0.4 is 20.7 Å². The van der Waals surface area contributed by atoms with E-state index in [1.807, 2.05) is 0 Å². The normalized spacial score (nSPS) is 19.8. The van der Waals surface area contributed by atoms with Crippen LogP contribution in [0.3, 0.4) is 0 Å². The second-order valence-electron chi connectivity index (χ2n) is 7.07. The number of anilines is 1. The van der Waals surface area contributed by atoms with Crippen molar-refractivity contribution in [1.82, 2.24) is 10.2 Å². The molecule has 29 heavy (non-hydrogen) atoms. The molecule has 3 N–H and O–H groups in total. The number of halogens is 1. The van der Waals surface area contributed by atoms with Crippen molar-refractivity contribution in [2.75, 3.05) is 37.6 Å². The molecule has 2 heterocycles. The van der Waals surface area contributed by atoms with Gasteiger partial charge in [0.05, 0.1) is 25.3 Å². The Kier molecular flexibility index (Phi) is 6.53. The van der Waals surface area contributed by atoms with Crippen molar-refractivity contribution in [2.45, 2.75) is 32.0 Å². The molecule has 0 saturated carbocycles. The summed E-state index contributed by atoms with van der Waals surface area (Å²) in [6.07, 6.45) is -0.0972. The maximum Gasteiger partial charge on any atom is 0.414 e. The lowest BCUT2D eigenvalue weighted by atomic mass is 10.1. The van der Waals surface area contributed by atoms with Gasteiger partial charge in [-0.1, -0.05) is 0 Å². The van der Waals surface area contributed by atoms with E-state index >= 15 is 0 Å². The number of likely N-dealkylation sites (tertiary alicyclic amines) is 1. The predicted octanol–water partition coefficient (Wildman–Crippen LogP) is 0.615. The number of cyclic esters (lactones) is 1. The number of nitrogens with two attached hydrogens (primary N) is 1. The minimum Gasteiger partial charge on any atom is -0.487 e. The van der Waals surface area contributed by atoms with Crippen LogP contribution in [-0.2, 0) is 14.3 Å². The molecule has 0 radical (unpaired) electrons. The summed E-state index contributed by atoms with van der Waals surface area (Å²) in [4.78, 5) is 37.6. The Morgan fingerprint density at radius 3 is 2.69 bits per heavy atom. The van der Waals surface area contributed by atoms with Gasteiger partial charge in [-0.25, -0.2) is 9.18 Å². The number of carbonyl (C=O) groups is 3. The maximum atomic E-state index is 14.6. The molecule has 0 bridgehead atoms. The fourth-order valence-electron chi connectivity index (χ4n) is 3.38. The molecule has 2 fully saturated rings. The Balaban J connectivity index is 1.57. The van der Waals surface area contributed by atoms with Gasteiger partial charge >= 0.3 is 6.09 Å². The number of hydrogen-bond donors (Lipinski definition) is 2. The molecule has 158 valence electrons. The van der Waals surface area contributed by atoms with E-state index in [4.69, 9.17) is 15.2 Å². The molecule has 1 atom stereocenters. The number of nitrogens with zero attached hydrogens (tertiary/aromatic N) is 2. The lowest BCUT2D eigenvalue weighted by Crippen LogP contribution is -2.44. The fraction of sp³-hybridized carbons (Fsp3) is 0.526. The third-order valence-corrected chi connectivity index (χ3v) is 4.94. The van der Waals surface area contributed by atoms with Gasteiger partial charge < -0.3 is 25.4 Å². The zero-order valence-electron chi connectivity index (χ0n) is 16.2. The predicted molar refractivity (Wildman–Crippen MR) is 102 cm³/mol. The van der Waals surface area contributed by atoms with Gasteiger partial charge in [0.1, 0.15) is 12.2 Å². The van der Waals surface area contributed by atoms with Gasteiger partial charge in [-0.05, 0) is 12.1 Å². The average Bonchev–Trinajstić information content (AvgIpc) is 3.08. The summed E-state index contributed by atoms with van der Waals surface area (Å²) in [6.45, 7) is 2.82. The summed E-state index contributed by atoms with van der Waals surface area (Å²) in [6, 6.07) is 4.30. The zero-order valence-corrected chi connectivity index (χ0v) is 16.2. The summed E-state index contributed by atoms with van der Waals surface area (Å²) in [5.74, 6) is -0.806. The molecule has 0 spiro atoms. The second kappa shape index (κ2) is 9.08. The van der Waals surface area contributed by atoms with Crippen molar-refractivity contribution in [1.29, 1.82) is 0 Å². The van der Waals surface area contributed by atoms with Crippen molar-refractivity contribution in [3.63, 3.8) is 0 Å².